The fraction of sp³-hybridized carbons (Fsp3) is 0.579. The van der Waals surface area contributed by atoms with E-state index in [1.807, 2.05) is 32.9 Å². The first-order chi connectivity index (χ1) is 11.4. The van der Waals surface area contributed by atoms with Crippen LogP contribution < -0.4 is 4.74 Å². The van der Waals surface area contributed by atoms with Crippen molar-refractivity contribution in [1.29, 1.82) is 5.26 Å². The first kappa shape index (κ1) is 18.1. The van der Waals surface area contributed by atoms with Crippen LogP contribution in [-0.2, 0) is 4.74 Å². The number of ether oxygens (including phenoxy) is 2. The molecule has 0 N–H and O–H groups in total. The normalized spacial score (nSPS) is 15.7. The largest absolute Gasteiger partial charge is 0.494 e. The van der Waals surface area contributed by atoms with Crippen molar-refractivity contribution in [1.82, 2.24) is 4.90 Å². The smallest absolute Gasteiger partial charge is 0.410 e. The predicted molar refractivity (Wildman–Crippen MR) is 91.8 cm³/mol. The lowest BCUT2D eigenvalue weighted by atomic mass is 9.94. The van der Waals surface area contributed by atoms with Crippen molar-refractivity contribution in [2.45, 2.75) is 45.6 Å². The number of nitrogens with zero attached hydrogens (tertiary/aromatic N) is 2. The molecule has 0 unspecified atom stereocenters. The van der Waals surface area contributed by atoms with E-state index in [9.17, 15) is 4.79 Å². The molecule has 24 heavy (non-hydrogen) atoms. The van der Waals surface area contributed by atoms with E-state index >= 15 is 0 Å². The van der Waals surface area contributed by atoms with E-state index in [1.54, 1.807) is 17.0 Å². The Bertz CT molecular complexity index is 576. The van der Waals surface area contributed by atoms with Gasteiger partial charge in [0, 0.05) is 13.1 Å². The monoisotopic (exact) mass is 330 g/mol. The van der Waals surface area contributed by atoms with E-state index in [0.29, 0.717) is 18.1 Å². The molecule has 0 saturated carbocycles. The molecule has 0 bridgehead atoms. The molecule has 130 valence electrons. The number of hydrogen-bond donors (Lipinski definition) is 0. The fourth-order valence-electron chi connectivity index (χ4n) is 2.70. The molecule has 0 aromatic heterocycles. The van der Waals surface area contributed by atoms with E-state index in [1.165, 1.54) is 0 Å². The lowest BCUT2D eigenvalue weighted by Gasteiger charge is -2.33. The molecular formula is C19H26N2O3. The van der Waals surface area contributed by atoms with Gasteiger partial charge in [-0.25, -0.2) is 4.79 Å². The highest BCUT2D eigenvalue weighted by Gasteiger charge is 2.26. The summed E-state index contributed by atoms with van der Waals surface area (Å²) in [6, 6.07) is 9.25. The summed E-state index contributed by atoms with van der Waals surface area (Å²) in [4.78, 5) is 13.8. The zero-order valence-electron chi connectivity index (χ0n) is 14.7. The molecule has 0 aliphatic carbocycles. The maximum atomic E-state index is 12.0. The lowest BCUT2D eigenvalue weighted by molar-refractivity contribution is 0.0177. The maximum Gasteiger partial charge on any atom is 0.410 e. The van der Waals surface area contributed by atoms with Gasteiger partial charge < -0.3 is 14.4 Å². The molecule has 1 aromatic rings. The molecule has 0 radical (unpaired) electrons. The van der Waals surface area contributed by atoms with Crippen LogP contribution in [-0.4, -0.2) is 36.3 Å². The Kier molecular flexibility index (Phi) is 6.08. The summed E-state index contributed by atoms with van der Waals surface area (Å²) in [6.45, 7) is 7.81. The van der Waals surface area contributed by atoms with Crippen LogP contribution in [0.1, 0.15) is 45.6 Å². The van der Waals surface area contributed by atoms with Crippen LogP contribution in [0.2, 0.25) is 0 Å². The third-order valence-electron chi connectivity index (χ3n) is 4.04. The number of rotatable bonds is 4. The lowest BCUT2D eigenvalue weighted by Crippen LogP contribution is -2.41. The van der Waals surface area contributed by atoms with Gasteiger partial charge in [0.1, 0.15) is 11.4 Å². The Balaban J connectivity index is 1.67. The van der Waals surface area contributed by atoms with Gasteiger partial charge >= 0.3 is 6.09 Å². The summed E-state index contributed by atoms with van der Waals surface area (Å²) >= 11 is 0. The van der Waals surface area contributed by atoms with E-state index in [2.05, 4.69) is 6.07 Å². The highest BCUT2D eigenvalue weighted by Crippen LogP contribution is 2.23. The fourth-order valence-corrected chi connectivity index (χ4v) is 2.70. The summed E-state index contributed by atoms with van der Waals surface area (Å²) < 4.78 is 11.1. The Morgan fingerprint density at radius 3 is 2.42 bits per heavy atom. The molecule has 1 aromatic carbocycles. The van der Waals surface area contributed by atoms with Gasteiger partial charge in [-0.1, -0.05) is 0 Å². The van der Waals surface area contributed by atoms with Crippen LogP contribution in [0.3, 0.4) is 0 Å². The topological polar surface area (TPSA) is 62.6 Å². The minimum Gasteiger partial charge on any atom is -0.494 e. The SMILES string of the molecule is CC(C)(C)OC(=O)N1CCC(CCOc2ccc(C#N)cc2)CC1. The number of piperidine rings is 1. The highest BCUT2D eigenvalue weighted by molar-refractivity contribution is 5.68. The molecule has 0 spiro atoms. The molecule has 1 fully saturated rings. The quantitative estimate of drug-likeness (QED) is 0.838. The second-order valence-corrected chi connectivity index (χ2v) is 7.18. The molecule has 1 saturated heterocycles. The molecule has 1 amide bonds. The second kappa shape index (κ2) is 8.05. The second-order valence-electron chi connectivity index (χ2n) is 7.18. The van der Waals surface area contributed by atoms with Gasteiger partial charge in [0.05, 0.1) is 18.2 Å². The molecule has 2 rings (SSSR count). The molecule has 1 heterocycles. The molecular weight excluding hydrogens is 304 g/mol. The van der Waals surface area contributed by atoms with Crippen LogP contribution >= 0.6 is 0 Å². The van der Waals surface area contributed by atoms with Gasteiger partial charge in [-0.05, 0) is 70.2 Å². The van der Waals surface area contributed by atoms with Crippen LogP contribution in [0.5, 0.6) is 5.75 Å². The van der Waals surface area contributed by atoms with Crippen LogP contribution in [0.15, 0.2) is 24.3 Å². The summed E-state index contributed by atoms with van der Waals surface area (Å²) in [7, 11) is 0. The molecule has 1 aliphatic heterocycles. The van der Waals surface area contributed by atoms with Gasteiger partial charge in [-0.3, -0.25) is 0 Å². The van der Waals surface area contributed by atoms with Gasteiger partial charge in [0.15, 0.2) is 0 Å². The number of likely N-dealkylation sites (tertiary alicyclic amines) is 1. The summed E-state index contributed by atoms with van der Waals surface area (Å²) in [5, 5.41) is 8.77. The first-order valence-electron chi connectivity index (χ1n) is 8.48. The number of nitriles is 1. The van der Waals surface area contributed by atoms with Gasteiger partial charge in [0.2, 0.25) is 0 Å². The number of carbonyl (C=O) groups is 1. The third-order valence-corrected chi connectivity index (χ3v) is 4.04. The Labute approximate surface area is 144 Å². The zero-order chi connectivity index (χ0) is 17.6. The van der Waals surface area contributed by atoms with E-state index in [-0.39, 0.29) is 6.09 Å². The van der Waals surface area contributed by atoms with E-state index < -0.39 is 5.60 Å². The van der Waals surface area contributed by atoms with Crippen molar-refractivity contribution < 1.29 is 14.3 Å². The number of amides is 1. The number of benzene rings is 1. The van der Waals surface area contributed by atoms with E-state index in [0.717, 1.165) is 38.1 Å². The zero-order valence-corrected chi connectivity index (χ0v) is 14.7. The minimum atomic E-state index is -0.442. The van der Waals surface area contributed by atoms with Gasteiger partial charge in [0.25, 0.3) is 0 Å². The molecule has 5 nitrogen and oxygen atoms in total. The van der Waals surface area contributed by atoms with Crippen molar-refractivity contribution >= 4 is 6.09 Å². The maximum absolute atomic E-state index is 12.0. The molecule has 5 heteroatoms. The summed E-state index contributed by atoms with van der Waals surface area (Å²) in [5.74, 6) is 1.36. The Hall–Kier alpha value is -2.22. The third kappa shape index (κ3) is 5.77. The molecule has 0 atom stereocenters. The van der Waals surface area contributed by atoms with Crippen LogP contribution in [0.25, 0.3) is 0 Å². The predicted octanol–water partition coefficient (Wildman–Crippen LogP) is 3.97. The summed E-state index contributed by atoms with van der Waals surface area (Å²) in [5.41, 5.74) is 0.194. The van der Waals surface area contributed by atoms with Crippen molar-refractivity contribution in [2.75, 3.05) is 19.7 Å². The Morgan fingerprint density at radius 2 is 1.88 bits per heavy atom. The van der Waals surface area contributed by atoms with Gasteiger partial charge in [-0.2, -0.15) is 5.26 Å². The van der Waals surface area contributed by atoms with Crippen LogP contribution in [0, 0.1) is 17.2 Å². The molecule has 1 aliphatic rings. The number of carbonyl (C=O) groups excluding carboxylic acids is 1. The standard InChI is InChI=1S/C19H26N2O3/c1-19(2,3)24-18(22)21-11-8-15(9-12-21)10-13-23-17-6-4-16(14-20)5-7-17/h4-7,15H,8-13H2,1-3H3. The highest BCUT2D eigenvalue weighted by atomic mass is 16.6. The van der Waals surface area contributed by atoms with Gasteiger partial charge in [-0.15, -0.1) is 0 Å². The van der Waals surface area contributed by atoms with Crippen molar-refractivity contribution in [3.63, 3.8) is 0 Å². The van der Waals surface area contributed by atoms with Crippen molar-refractivity contribution in [3.05, 3.63) is 29.8 Å². The van der Waals surface area contributed by atoms with Crippen LogP contribution in [0.4, 0.5) is 4.79 Å². The average molecular weight is 330 g/mol. The summed E-state index contributed by atoms with van der Waals surface area (Å²) in [6.07, 6.45) is 2.73. The number of hydrogen-bond acceptors (Lipinski definition) is 4. The van der Waals surface area contributed by atoms with Crippen molar-refractivity contribution in [2.24, 2.45) is 5.92 Å². The average Bonchev–Trinajstić information content (AvgIpc) is 2.54. The van der Waals surface area contributed by atoms with Crippen molar-refractivity contribution in [3.8, 4) is 11.8 Å². The van der Waals surface area contributed by atoms with E-state index in [4.69, 9.17) is 14.7 Å². The minimum absolute atomic E-state index is 0.213. The Morgan fingerprint density at radius 1 is 1.25 bits per heavy atom. The first-order valence-corrected chi connectivity index (χ1v) is 8.48.